The van der Waals surface area contributed by atoms with Gasteiger partial charge in [0, 0.05) is 20.0 Å². The number of para-hydroxylation sites is 2. The maximum atomic E-state index is 12.0. The molecule has 4 heteroatoms. The number of aryl methyl sites for hydroxylation is 1. The minimum Gasteiger partial charge on any atom is -0.333 e. The Balaban J connectivity index is 2.04. The van der Waals surface area contributed by atoms with E-state index >= 15 is 0 Å². The fourth-order valence-corrected chi connectivity index (χ4v) is 3.00. The normalized spacial score (nSPS) is 19.3. The van der Waals surface area contributed by atoms with Gasteiger partial charge in [-0.15, -0.1) is 0 Å². The zero-order chi connectivity index (χ0) is 13.4. The van der Waals surface area contributed by atoms with Crippen molar-refractivity contribution in [1.82, 2.24) is 14.5 Å². The molecule has 1 aromatic carbocycles. The molecule has 2 heterocycles. The largest absolute Gasteiger partial charge is 0.333 e. The van der Waals surface area contributed by atoms with Gasteiger partial charge in [0.25, 0.3) is 0 Å². The van der Waals surface area contributed by atoms with Crippen LogP contribution in [0.1, 0.15) is 38.1 Å². The van der Waals surface area contributed by atoms with Crippen molar-refractivity contribution >= 4 is 16.9 Å². The molecule has 100 valence electrons. The first-order chi connectivity index (χ1) is 9.22. The van der Waals surface area contributed by atoms with E-state index in [4.69, 9.17) is 4.98 Å². The molecule has 1 fully saturated rings. The first-order valence-electron chi connectivity index (χ1n) is 6.93. The lowest BCUT2D eigenvalue weighted by atomic mass is 10.2. The quantitative estimate of drug-likeness (QED) is 0.829. The van der Waals surface area contributed by atoms with E-state index in [2.05, 4.69) is 10.6 Å². The van der Waals surface area contributed by atoms with E-state index in [0.29, 0.717) is 6.42 Å². The topological polar surface area (TPSA) is 38.1 Å². The third-order valence-corrected chi connectivity index (χ3v) is 4.00. The molecule has 0 saturated carbocycles. The van der Waals surface area contributed by atoms with Crippen LogP contribution in [0.3, 0.4) is 0 Å². The molecular weight excluding hydrogens is 238 g/mol. The second-order valence-electron chi connectivity index (χ2n) is 5.12. The Morgan fingerprint density at radius 3 is 2.95 bits per heavy atom. The van der Waals surface area contributed by atoms with E-state index in [-0.39, 0.29) is 11.9 Å². The molecule has 1 aliphatic heterocycles. The van der Waals surface area contributed by atoms with Crippen LogP contribution in [-0.2, 0) is 11.8 Å². The molecule has 0 aliphatic carbocycles. The summed E-state index contributed by atoms with van der Waals surface area (Å²) in [6.07, 6.45) is 2.66. The van der Waals surface area contributed by atoms with Gasteiger partial charge in [-0.2, -0.15) is 0 Å². The lowest BCUT2D eigenvalue weighted by molar-refractivity contribution is -0.131. The monoisotopic (exact) mass is 257 g/mol. The summed E-state index contributed by atoms with van der Waals surface area (Å²) in [7, 11) is 2.04. The van der Waals surface area contributed by atoms with Crippen molar-refractivity contribution in [2.45, 2.75) is 32.2 Å². The first kappa shape index (κ1) is 12.2. The fraction of sp³-hybridized carbons (Fsp3) is 0.467. The SMILES string of the molecule is CCC(=O)N1CCCC1c1nc2ccccc2n1C. The van der Waals surface area contributed by atoms with Gasteiger partial charge in [0.1, 0.15) is 5.82 Å². The van der Waals surface area contributed by atoms with Crippen molar-refractivity contribution in [3.8, 4) is 0 Å². The highest BCUT2D eigenvalue weighted by atomic mass is 16.2. The third-order valence-electron chi connectivity index (χ3n) is 4.00. The second-order valence-corrected chi connectivity index (χ2v) is 5.12. The molecule has 19 heavy (non-hydrogen) atoms. The van der Waals surface area contributed by atoms with Crippen LogP contribution in [0, 0.1) is 0 Å². The number of benzene rings is 1. The number of fused-ring (bicyclic) bond motifs is 1. The number of nitrogens with zero attached hydrogens (tertiary/aromatic N) is 3. The highest BCUT2D eigenvalue weighted by Gasteiger charge is 2.32. The van der Waals surface area contributed by atoms with Crippen LogP contribution in [0.25, 0.3) is 11.0 Å². The predicted octanol–water partition coefficient (Wildman–Crippen LogP) is 2.65. The van der Waals surface area contributed by atoms with Gasteiger partial charge in [-0.05, 0) is 25.0 Å². The average Bonchev–Trinajstić information content (AvgIpc) is 3.03. The van der Waals surface area contributed by atoms with Gasteiger partial charge in [0.2, 0.25) is 5.91 Å². The standard InChI is InChI=1S/C15H19N3O/c1-3-14(19)18-10-6-9-13(18)15-16-11-7-4-5-8-12(11)17(15)2/h4-5,7-8,13H,3,6,9-10H2,1-2H3. The third kappa shape index (κ3) is 1.91. The van der Waals surface area contributed by atoms with Crippen molar-refractivity contribution in [3.63, 3.8) is 0 Å². The number of aromatic nitrogens is 2. The Kier molecular flexibility index (Phi) is 3.01. The Morgan fingerprint density at radius 2 is 2.21 bits per heavy atom. The van der Waals surface area contributed by atoms with Crippen LogP contribution in [0.5, 0.6) is 0 Å². The number of likely N-dealkylation sites (tertiary alicyclic amines) is 1. The molecule has 3 rings (SSSR count). The van der Waals surface area contributed by atoms with Crippen molar-refractivity contribution in [2.24, 2.45) is 7.05 Å². The minimum absolute atomic E-state index is 0.143. The van der Waals surface area contributed by atoms with Crippen LogP contribution in [-0.4, -0.2) is 26.9 Å². The highest BCUT2D eigenvalue weighted by Crippen LogP contribution is 2.33. The van der Waals surface area contributed by atoms with E-state index in [1.165, 1.54) is 0 Å². The van der Waals surface area contributed by atoms with Crippen molar-refractivity contribution < 1.29 is 4.79 Å². The van der Waals surface area contributed by atoms with Crippen LogP contribution < -0.4 is 0 Å². The molecule has 0 bridgehead atoms. The summed E-state index contributed by atoms with van der Waals surface area (Å²) in [5.74, 6) is 1.25. The maximum Gasteiger partial charge on any atom is 0.222 e. The fourth-order valence-electron chi connectivity index (χ4n) is 3.00. The molecule has 0 N–H and O–H groups in total. The van der Waals surface area contributed by atoms with Crippen LogP contribution in [0.4, 0.5) is 0 Å². The molecular formula is C15H19N3O. The minimum atomic E-state index is 0.143. The van der Waals surface area contributed by atoms with Gasteiger partial charge in [0.05, 0.1) is 17.1 Å². The van der Waals surface area contributed by atoms with Crippen molar-refractivity contribution in [3.05, 3.63) is 30.1 Å². The van der Waals surface area contributed by atoms with E-state index in [1.807, 2.05) is 37.1 Å². The number of carbonyl (C=O) groups excluding carboxylic acids is 1. The molecule has 1 unspecified atom stereocenters. The summed E-state index contributed by atoms with van der Waals surface area (Å²) in [4.78, 5) is 18.7. The Morgan fingerprint density at radius 1 is 1.42 bits per heavy atom. The van der Waals surface area contributed by atoms with Crippen LogP contribution in [0.2, 0.25) is 0 Å². The van der Waals surface area contributed by atoms with E-state index in [9.17, 15) is 4.79 Å². The van der Waals surface area contributed by atoms with E-state index in [1.54, 1.807) is 0 Å². The summed E-state index contributed by atoms with van der Waals surface area (Å²) in [5, 5.41) is 0. The molecule has 4 nitrogen and oxygen atoms in total. The molecule has 1 amide bonds. The smallest absolute Gasteiger partial charge is 0.222 e. The van der Waals surface area contributed by atoms with Gasteiger partial charge < -0.3 is 9.47 Å². The molecule has 1 aromatic heterocycles. The lowest BCUT2D eigenvalue weighted by Crippen LogP contribution is -2.31. The van der Waals surface area contributed by atoms with Gasteiger partial charge in [-0.25, -0.2) is 4.98 Å². The highest BCUT2D eigenvalue weighted by molar-refractivity contribution is 5.78. The Hall–Kier alpha value is -1.84. The van der Waals surface area contributed by atoms with E-state index in [0.717, 1.165) is 36.2 Å². The maximum absolute atomic E-state index is 12.0. The summed E-state index contributed by atoms with van der Waals surface area (Å²) in [6, 6.07) is 8.27. The average molecular weight is 257 g/mol. The molecule has 1 aliphatic rings. The van der Waals surface area contributed by atoms with Gasteiger partial charge in [-0.3, -0.25) is 4.79 Å². The van der Waals surface area contributed by atoms with Gasteiger partial charge in [-0.1, -0.05) is 19.1 Å². The summed E-state index contributed by atoms with van der Waals surface area (Å²) < 4.78 is 2.13. The van der Waals surface area contributed by atoms with Gasteiger partial charge in [0.15, 0.2) is 0 Å². The van der Waals surface area contributed by atoms with E-state index < -0.39 is 0 Å². The first-order valence-corrected chi connectivity index (χ1v) is 6.93. The summed E-state index contributed by atoms with van der Waals surface area (Å²) >= 11 is 0. The second kappa shape index (κ2) is 4.68. The molecule has 2 aromatic rings. The Bertz CT molecular complexity index is 617. The van der Waals surface area contributed by atoms with Crippen LogP contribution >= 0.6 is 0 Å². The number of rotatable bonds is 2. The number of hydrogen-bond acceptors (Lipinski definition) is 2. The van der Waals surface area contributed by atoms with Crippen molar-refractivity contribution in [2.75, 3.05) is 6.54 Å². The van der Waals surface area contributed by atoms with Gasteiger partial charge >= 0.3 is 0 Å². The number of amides is 1. The zero-order valence-electron chi connectivity index (χ0n) is 11.5. The summed E-state index contributed by atoms with van der Waals surface area (Å²) in [6.45, 7) is 2.78. The van der Waals surface area contributed by atoms with Crippen LogP contribution in [0.15, 0.2) is 24.3 Å². The Labute approximate surface area is 113 Å². The zero-order valence-corrected chi connectivity index (χ0v) is 11.5. The summed E-state index contributed by atoms with van der Waals surface area (Å²) in [5.41, 5.74) is 2.14. The molecule has 0 radical (unpaired) electrons. The number of carbonyl (C=O) groups is 1. The number of hydrogen-bond donors (Lipinski definition) is 0. The van der Waals surface area contributed by atoms with Crippen molar-refractivity contribution in [1.29, 1.82) is 0 Å². The number of imidazole rings is 1. The molecule has 0 spiro atoms. The molecule has 1 atom stereocenters. The lowest BCUT2D eigenvalue weighted by Gasteiger charge is -2.23. The molecule has 1 saturated heterocycles. The predicted molar refractivity (Wildman–Crippen MR) is 74.7 cm³/mol.